The summed E-state index contributed by atoms with van der Waals surface area (Å²) in [7, 11) is 0. The van der Waals surface area contributed by atoms with Gasteiger partial charge in [-0.05, 0) is 79.2 Å². The molecule has 4 aromatic rings. The third-order valence-corrected chi connectivity index (χ3v) is 5.62. The summed E-state index contributed by atoms with van der Waals surface area (Å²) >= 11 is 4.61. The molecule has 27 heavy (non-hydrogen) atoms. The Morgan fingerprint density at radius 2 is 1.67 bits per heavy atom. The molecule has 1 heterocycles. The van der Waals surface area contributed by atoms with E-state index in [4.69, 9.17) is 4.74 Å². The number of fused-ring (bicyclic) bond motifs is 1. The molecule has 1 aromatic heterocycles. The number of rotatable bonds is 5. The molecule has 0 N–H and O–H groups in total. The van der Waals surface area contributed by atoms with E-state index in [1.165, 1.54) is 16.3 Å². The number of hydrogen-bond donors (Lipinski definition) is 0. The third kappa shape index (κ3) is 4.29. The van der Waals surface area contributed by atoms with Gasteiger partial charge in [0.05, 0.1) is 13.4 Å². The number of aromatic nitrogens is 3. The summed E-state index contributed by atoms with van der Waals surface area (Å²) in [6.07, 6.45) is 4.88. The van der Waals surface area contributed by atoms with Crippen LogP contribution in [0.1, 0.15) is 11.1 Å². The van der Waals surface area contributed by atoms with Crippen molar-refractivity contribution < 1.29 is 4.74 Å². The quantitative estimate of drug-likeness (QED) is 0.244. The maximum atomic E-state index is 6.18. The lowest BCUT2D eigenvalue weighted by Crippen LogP contribution is -2.01. The van der Waals surface area contributed by atoms with E-state index in [0.29, 0.717) is 6.61 Å². The van der Waals surface area contributed by atoms with Crippen molar-refractivity contribution in [2.75, 3.05) is 0 Å². The van der Waals surface area contributed by atoms with E-state index >= 15 is 0 Å². The molecule has 0 atom stereocenters. The van der Waals surface area contributed by atoms with Crippen molar-refractivity contribution >= 4 is 62.2 Å². The maximum absolute atomic E-state index is 6.18. The molecule has 0 unspecified atom stereocenters. The SMILES string of the molecule is Ic1cc(C=Nn2cnnc2)cc(I)c1OCc1cccc2ccccc12. The zero-order valence-electron chi connectivity index (χ0n) is 14.1. The molecular formula is C20H14I2N4O. The minimum atomic E-state index is 0.529. The van der Waals surface area contributed by atoms with Crippen LogP contribution in [-0.2, 0) is 6.61 Å². The molecule has 5 nitrogen and oxygen atoms in total. The Kier molecular flexibility index (Phi) is 5.67. The number of ether oxygens (including phenoxy) is 1. The molecule has 0 aliphatic rings. The Morgan fingerprint density at radius 1 is 0.963 bits per heavy atom. The highest BCUT2D eigenvalue weighted by Crippen LogP contribution is 2.30. The largest absolute Gasteiger partial charge is 0.487 e. The highest BCUT2D eigenvalue weighted by molar-refractivity contribution is 14.1. The fourth-order valence-corrected chi connectivity index (χ4v) is 4.88. The lowest BCUT2D eigenvalue weighted by Gasteiger charge is -2.13. The maximum Gasteiger partial charge on any atom is 0.146 e. The smallest absolute Gasteiger partial charge is 0.146 e. The van der Waals surface area contributed by atoms with Gasteiger partial charge in [0.1, 0.15) is 25.0 Å². The monoisotopic (exact) mass is 580 g/mol. The molecular weight excluding hydrogens is 566 g/mol. The summed E-state index contributed by atoms with van der Waals surface area (Å²) in [4.78, 5) is 0. The molecule has 0 amide bonds. The van der Waals surface area contributed by atoms with Crippen molar-refractivity contribution in [3.8, 4) is 5.75 Å². The van der Waals surface area contributed by atoms with Crippen LogP contribution in [0.25, 0.3) is 10.8 Å². The number of halogens is 2. The molecule has 0 bridgehead atoms. The van der Waals surface area contributed by atoms with E-state index < -0.39 is 0 Å². The Labute approximate surface area is 183 Å². The first-order valence-electron chi connectivity index (χ1n) is 8.18. The molecule has 3 aromatic carbocycles. The second-order valence-corrected chi connectivity index (χ2v) is 8.15. The first-order valence-corrected chi connectivity index (χ1v) is 10.3. The molecule has 0 radical (unpaired) electrons. The number of nitrogens with zero attached hydrogens (tertiary/aromatic N) is 4. The van der Waals surface area contributed by atoms with Crippen LogP contribution in [0.2, 0.25) is 0 Å². The van der Waals surface area contributed by atoms with Gasteiger partial charge in [0, 0.05) is 0 Å². The highest BCUT2D eigenvalue weighted by atomic mass is 127. The van der Waals surface area contributed by atoms with Crippen LogP contribution in [0, 0.1) is 7.14 Å². The van der Waals surface area contributed by atoms with Crippen LogP contribution in [0.3, 0.4) is 0 Å². The van der Waals surface area contributed by atoms with Crippen molar-refractivity contribution in [2.45, 2.75) is 6.61 Å². The van der Waals surface area contributed by atoms with Crippen LogP contribution in [-0.4, -0.2) is 21.1 Å². The number of benzene rings is 3. The minimum absolute atomic E-state index is 0.529. The van der Waals surface area contributed by atoms with Gasteiger partial charge in [0.25, 0.3) is 0 Å². The van der Waals surface area contributed by atoms with E-state index in [9.17, 15) is 0 Å². The molecule has 0 fully saturated rings. The lowest BCUT2D eigenvalue weighted by atomic mass is 10.1. The second kappa shape index (κ2) is 8.34. The van der Waals surface area contributed by atoms with Gasteiger partial charge in [-0.25, -0.2) is 4.68 Å². The Bertz CT molecular complexity index is 1080. The average molecular weight is 580 g/mol. The summed E-state index contributed by atoms with van der Waals surface area (Å²) in [5.74, 6) is 0.894. The van der Waals surface area contributed by atoms with Crippen molar-refractivity contribution in [3.05, 3.63) is 85.5 Å². The van der Waals surface area contributed by atoms with Gasteiger partial charge in [0.2, 0.25) is 0 Å². The normalized spacial score (nSPS) is 11.3. The van der Waals surface area contributed by atoms with E-state index in [-0.39, 0.29) is 0 Å². The summed E-state index contributed by atoms with van der Waals surface area (Å²) in [5.41, 5.74) is 2.17. The van der Waals surface area contributed by atoms with Crippen LogP contribution in [0.4, 0.5) is 0 Å². The van der Waals surface area contributed by atoms with Crippen LogP contribution in [0.15, 0.2) is 72.4 Å². The Hall–Kier alpha value is -2.01. The van der Waals surface area contributed by atoms with E-state index in [1.54, 1.807) is 23.5 Å². The first-order chi connectivity index (χ1) is 13.2. The predicted octanol–water partition coefficient (Wildman–Crippen LogP) is 5.10. The summed E-state index contributed by atoms with van der Waals surface area (Å²) in [6, 6.07) is 18.8. The second-order valence-electron chi connectivity index (χ2n) is 5.83. The van der Waals surface area contributed by atoms with Crippen molar-refractivity contribution in [1.82, 2.24) is 14.9 Å². The summed E-state index contributed by atoms with van der Waals surface area (Å²) in [5, 5.41) is 14.2. The average Bonchev–Trinajstić information content (AvgIpc) is 3.19. The molecule has 0 aliphatic carbocycles. The standard InChI is InChI=1S/C20H14I2N4O/c21-18-8-14(10-25-26-12-23-24-13-26)9-19(22)20(18)27-11-16-6-3-5-15-4-1-2-7-17(15)16/h1-10,12-13H,11H2. The van der Waals surface area contributed by atoms with Crippen LogP contribution in [0.5, 0.6) is 5.75 Å². The summed E-state index contributed by atoms with van der Waals surface area (Å²) in [6.45, 7) is 0.529. The Balaban J connectivity index is 1.55. The molecule has 0 saturated heterocycles. The van der Waals surface area contributed by atoms with E-state index in [0.717, 1.165) is 18.5 Å². The van der Waals surface area contributed by atoms with E-state index in [2.05, 4.69) is 115 Å². The minimum Gasteiger partial charge on any atom is -0.487 e. The fraction of sp³-hybridized carbons (Fsp3) is 0.0500. The van der Waals surface area contributed by atoms with Gasteiger partial charge in [-0.3, -0.25) is 0 Å². The highest BCUT2D eigenvalue weighted by Gasteiger charge is 2.10. The van der Waals surface area contributed by atoms with E-state index in [1.807, 2.05) is 0 Å². The Morgan fingerprint density at radius 3 is 2.44 bits per heavy atom. The van der Waals surface area contributed by atoms with Crippen molar-refractivity contribution in [1.29, 1.82) is 0 Å². The van der Waals surface area contributed by atoms with Gasteiger partial charge in [-0.2, -0.15) is 5.10 Å². The van der Waals surface area contributed by atoms with Gasteiger partial charge >= 0.3 is 0 Å². The van der Waals surface area contributed by atoms with Crippen molar-refractivity contribution in [3.63, 3.8) is 0 Å². The van der Waals surface area contributed by atoms with Crippen LogP contribution >= 0.6 is 45.2 Å². The predicted molar refractivity (Wildman–Crippen MR) is 123 cm³/mol. The zero-order chi connectivity index (χ0) is 18.6. The van der Waals surface area contributed by atoms with Gasteiger partial charge in [0.15, 0.2) is 0 Å². The summed E-state index contributed by atoms with van der Waals surface area (Å²) < 4.78 is 9.84. The molecule has 0 aliphatic heterocycles. The van der Waals surface area contributed by atoms with Gasteiger partial charge < -0.3 is 4.74 Å². The molecule has 0 saturated carbocycles. The lowest BCUT2D eigenvalue weighted by molar-refractivity contribution is 0.303. The third-order valence-electron chi connectivity index (χ3n) is 4.02. The van der Waals surface area contributed by atoms with Gasteiger partial charge in [-0.15, -0.1) is 10.2 Å². The molecule has 0 spiro atoms. The van der Waals surface area contributed by atoms with Crippen molar-refractivity contribution in [2.24, 2.45) is 5.10 Å². The molecule has 4 rings (SSSR count). The fourth-order valence-electron chi connectivity index (χ4n) is 2.75. The van der Waals surface area contributed by atoms with Crippen LogP contribution < -0.4 is 4.74 Å². The first kappa shape index (κ1) is 18.4. The molecule has 134 valence electrons. The van der Waals surface area contributed by atoms with Gasteiger partial charge in [-0.1, -0.05) is 42.5 Å². The topological polar surface area (TPSA) is 52.3 Å². The molecule has 7 heteroatoms. The number of hydrogen-bond acceptors (Lipinski definition) is 4. The zero-order valence-corrected chi connectivity index (χ0v) is 18.4.